The van der Waals surface area contributed by atoms with Crippen LogP contribution in [-0.2, 0) is 0 Å². The lowest BCUT2D eigenvalue weighted by atomic mass is 9.98. The van der Waals surface area contributed by atoms with Crippen LogP contribution in [0.1, 0.15) is 38.4 Å². The molecule has 100 valence electrons. The van der Waals surface area contributed by atoms with Crippen LogP contribution in [0.4, 0.5) is 0 Å². The van der Waals surface area contributed by atoms with Gasteiger partial charge in [0.1, 0.15) is 0 Å². The highest BCUT2D eigenvalue weighted by atomic mass is 16.7. The van der Waals surface area contributed by atoms with Crippen molar-refractivity contribution < 1.29 is 14.6 Å². The van der Waals surface area contributed by atoms with Gasteiger partial charge in [0, 0.05) is 6.04 Å². The number of aliphatic hydroxyl groups excluding tert-OH is 1. The summed E-state index contributed by atoms with van der Waals surface area (Å²) in [5.74, 6) is 1.47. The molecule has 0 bridgehead atoms. The zero-order valence-corrected chi connectivity index (χ0v) is 11.0. The van der Waals surface area contributed by atoms with Gasteiger partial charge in [-0.15, -0.1) is 0 Å². The molecule has 2 unspecified atom stereocenters. The second-order valence-corrected chi connectivity index (χ2v) is 4.51. The van der Waals surface area contributed by atoms with E-state index in [9.17, 15) is 5.11 Å². The van der Waals surface area contributed by atoms with Crippen molar-refractivity contribution in [3.63, 3.8) is 0 Å². The van der Waals surface area contributed by atoms with Crippen LogP contribution in [0, 0.1) is 0 Å². The van der Waals surface area contributed by atoms with E-state index in [1.54, 1.807) is 0 Å². The molecule has 4 nitrogen and oxygen atoms in total. The molecule has 1 aromatic rings. The van der Waals surface area contributed by atoms with Gasteiger partial charge in [-0.25, -0.2) is 0 Å². The lowest BCUT2D eigenvalue weighted by Gasteiger charge is -2.23. The van der Waals surface area contributed by atoms with Crippen molar-refractivity contribution in [2.24, 2.45) is 0 Å². The molecule has 0 fully saturated rings. The maximum atomic E-state index is 10.4. The summed E-state index contributed by atoms with van der Waals surface area (Å²) >= 11 is 0. The van der Waals surface area contributed by atoms with Gasteiger partial charge in [-0.3, -0.25) is 0 Å². The van der Waals surface area contributed by atoms with E-state index in [4.69, 9.17) is 9.47 Å². The predicted octanol–water partition coefficient (Wildman–Crippen LogP) is 2.23. The fourth-order valence-electron chi connectivity index (χ4n) is 2.27. The minimum absolute atomic E-state index is 0.0837. The molecule has 0 aliphatic carbocycles. The lowest BCUT2D eigenvalue weighted by Crippen LogP contribution is -2.34. The number of likely N-dealkylation sites (N-methyl/N-ethyl adjacent to an activating group) is 1. The molecule has 0 aromatic heterocycles. The SMILES string of the molecule is CCCC(NCC)C(O)c1ccc2c(c1)OCO2. The summed E-state index contributed by atoms with van der Waals surface area (Å²) in [7, 11) is 0. The molecule has 0 saturated carbocycles. The third kappa shape index (κ3) is 2.76. The molecule has 1 heterocycles. The summed E-state index contributed by atoms with van der Waals surface area (Å²) in [5.41, 5.74) is 0.874. The van der Waals surface area contributed by atoms with Gasteiger partial charge < -0.3 is 19.9 Å². The monoisotopic (exact) mass is 251 g/mol. The van der Waals surface area contributed by atoms with Crippen LogP contribution < -0.4 is 14.8 Å². The maximum absolute atomic E-state index is 10.4. The lowest BCUT2D eigenvalue weighted by molar-refractivity contribution is 0.124. The second kappa shape index (κ2) is 6.07. The summed E-state index contributed by atoms with van der Waals surface area (Å²) in [4.78, 5) is 0. The van der Waals surface area contributed by atoms with E-state index >= 15 is 0 Å². The van der Waals surface area contributed by atoms with E-state index in [1.807, 2.05) is 18.2 Å². The molecule has 1 aliphatic heterocycles. The van der Waals surface area contributed by atoms with Crippen molar-refractivity contribution in [2.75, 3.05) is 13.3 Å². The first-order valence-corrected chi connectivity index (χ1v) is 6.57. The number of hydrogen-bond acceptors (Lipinski definition) is 4. The Hall–Kier alpha value is -1.26. The summed E-state index contributed by atoms with van der Waals surface area (Å²) in [6.45, 7) is 5.29. The molecule has 18 heavy (non-hydrogen) atoms. The van der Waals surface area contributed by atoms with Crippen molar-refractivity contribution in [1.29, 1.82) is 0 Å². The van der Waals surface area contributed by atoms with Crippen LogP contribution in [0.25, 0.3) is 0 Å². The highest BCUT2D eigenvalue weighted by Crippen LogP contribution is 2.35. The zero-order chi connectivity index (χ0) is 13.0. The van der Waals surface area contributed by atoms with E-state index in [1.165, 1.54) is 0 Å². The molecule has 1 aliphatic rings. The Labute approximate surface area is 108 Å². The average Bonchev–Trinajstić information content (AvgIpc) is 2.84. The summed E-state index contributed by atoms with van der Waals surface area (Å²) in [6.07, 6.45) is 1.47. The van der Waals surface area contributed by atoms with Crippen molar-refractivity contribution in [3.05, 3.63) is 23.8 Å². The van der Waals surface area contributed by atoms with E-state index in [2.05, 4.69) is 19.2 Å². The molecule has 2 atom stereocenters. The molecule has 0 spiro atoms. The maximum Gasteiger partial charge on any atom is 0.231 e. The van der Waals surface area contributed by atoms with Crippen molar-refractivity contribution in [3.8, 4) is 11.5 Å². The van der Waals surface area contributed by atoms with Crippen molar-refractivity contribution >= 4 is 0 Å². The number of aliphatic hydroxyl groups is 1. The molecule has 4 heteroatoms. The first-order chi connectivity index (χ1) is 8.76. The number of benzene rings is 1. The van der Waals surface area contributed by atoms with E-state index in [-0.39, 0.29) is 12.8 Å². The molecule has 1 aromatic carbocycles. The Kier molecular flexibility index (Phi) is 4.44. The first-order valence-electron chi connectivity index (χ1n) is 6.57. The standard InChI is InChI=1S/C14H21NO3/c1-3-5-11(15-4-2)14(16)10-6-7-12-13(8-10)18-9-17-12/h6-8,11,14-16H,3-5,9H2,1-2H3. The van der Waals surface area contributed by atoms with Gasteiger partial charge in [-0.2, -0.15) is 0 Å². The molecule has 0 amide bonds. The van der Waals surface area contributed by atoms with Gasteiger partial charge in [0.15, 0.2) is 11.5 Å². The fraction of sp³-hybridized carbons (Fsp3) is 0.571. The number of hydrogen-bond donors (Lipinski definition) is 2. The second-order valence-electron chi connectivity index (χ2n) is 4.51. The van der Waals surface area contributed by atoms with E-state index < -0.39 is 6.10 Å². The van der Waals surface area contributed by atoms with Crippen LogP contribution in [0.5, 0.6) is 11.5 Å². The highest BCUT2D eigenvalue weighted by molar-refractivity contribution is 5.45. The topological polar surface area (TPSA) is 50.7 Å². The molecular weight excluding hydrogens is 230 g/mol. The summed E-state index contributed by atoms with van der Waals surface area (Å²) in [5, 5.41) is 13.7. The van der Waals surface area contributed by atoms with Crippen LogP contribution in [0.15, 0.2) is 18.2 Å². The third-order valence-corrected chi connectivity index (χ3v) is 3.19. The van der Waals surface area contributed by atoms with E-state index in [0.717, 1.165) is 36.4 Å². The Morgan fingerprint density at radius 3 is 2.78 bits per heavy atom. The Morgan fingerprint density at radius 1 is 1.28 bits per heavy atom. The molecule has 0 saturated heterocycles. The molecule has 0 radical (unpaired) electrons. The Balaban J connectivity index is 2.13. The van der Waals surface area contributed by atoms with Crippen molar-refractivity contribution in [1.82, 2.24) is 5.32 Å². The summed E-state index contributed by atoms with van der Waals surface area (Å²) in [6, 6.07) is 5.71. The normalized spacial score (nSPS) is 16.6. The number of nitrogens with one attached hydrogen (secondary N) is 1. The van der Waals surface area contributed by atoms with Gasteiger partial charge >= 0.3 is 0 Å². The van der Waals surface area contributed by atoms with Gasteiger partial charge in [-0.05, 0) is 30.7 Å². The van der Waals surface area contributed by atoms with Gasteiger partial charge in [0.05, 0.1) is 6.10 Å². The molecule has 2 rings (SSSR count). The van der Waals surface area contributed by atoms with Crippen LogP contribution in [-0.4, -0.2) is 24.5 Å². The van der Waals surface area contributed by atoms with Crippen molar-refractivity contribution in [2.45, 2.75) is 38.8 Å². The van der Waals surface area contributed by atoms with E-state index in [0.29, 0.717) is 0 Å². The Morgan fingerprint density at radius 2 is 2.06 bits per heavy atom. The van der Waals surface area contributed by atoms with Crippen LogP contribution in [0.3, 0.4) is 0 Å². The van der Waals surface area contributed by atoms with Gasteiger partial charge in [0.25, 0.3) is 0 Å². The average molecular weight is 251 g/mol. The van der Waals surface area contributed by atoms with Crippen LogP contribution >= 0.6 is 0 Å². The largest absolute Gasteiger partial charge is 0.454 e. The first kappa shape index (κ1) is 13.2. The number of fused-ring (bicyclic) bond motifs is 1. The molecular formula is C14H21NO3. The third-order valence-electron chi connectivity index (χ3n) is 3.19. The van der Waals surface area contributed by atoms with Crippen LogP contribution in [0.2, 0.25) is 0 Å². The Bertz CT molecular complexity index is 389. The minimum atomic E-state index is -0.514. The van der Waals surface area contributed by atoms with Gasteiger partial charge in [-0.1, -0.05) is 26.3 Å². The fourth-order valence-corrected chi connectivity index (χ4v) is 2.27. The smallest absolute Gasteiger partial charge is 0.231 e. The summed E-state index contributed by atoms with van der Waals surface area (Å²) < 4.78 is 10.6. The van der Waals surface area contributed by atoms with Gasteiger partial charge in [0.2, 0.25) is 6.79 Å². The predicted molar refractivity (Wildman–Crippen MR) is 69.9 cm³/mol. The number of ether oxygens (including phenoxy) is 2. The number of rotatable bonds is 6. The highest BCUT2D eigenvalue weighted by Gasteiger charge is 2.22. The molecule has 2 N–H and O–H groups in total. The quantitative estimate of drug-likeness (QED) is 0.814. The minimum Gasteiger partial charge on any atom is -0.454 e. The zero-order valence-electron chi connectivity index (χ0n) is 11.0.